The van der Waals surface area contributed by atoms with Crippen LogP contribution in [0.5, 0.6) is 0 Å². The van der Waals surface area contributed by atoms with Gasteiger partial charge in [0.2, 0.25) is 0 Å². The minimum Gasteiger partial charge on any atom is -0.401 e. The number of allylic oxidation sites excluding steroid dienone is 2. The zero-order chi connectivity index (χ0) is 24.6. The van der Waals surface area contributed by atoms with E-state index in [1.54, 1.807) is 6.92 Å². The number of thioether (sulfide) groups is 1. The molecule has 2 rings (SSSR count). The normalized spacial score (nSPS) is 13.4. The third-order valence-corrected chi connectivity index (χ3v) is 6.60. The molecule has 0 saturated carbocycles. The molecule has 1 heterocycles. The van der Waals surface area contributed by atoms with Crippen LogP contribution >= 0.6 is 11.8 Å². The van der Waals surface area contributed by atoms with Crippen LogP contribution < -0.4 is 5.73 Å². The molecular weight excluding hydrogens is 430 g/mol. The lowest BCUT2D eigenvalue weighted by molar-refractivity contribution is -0.112. The molecular formula is C26H37N5OS. The molecule has 6 nitrogen and oxygen atoms in total. The lowest BCUT2D eigenvalue weighted by Gasteiger charge is -2.19. The van der Waals surface area contributed by atoms with Gasteiger partial charge in [0.05, 0.1) is 5.75 Å². The lowest BCUT2D eigenvalue weighted by atomic mass is 9.86. The van der Waals surface area contributed by atoms with Crippen molar-refractivity contribution in [3.8, 4) is 17.5 Å². The number of rotatable bonds is 11. The summed E-state index contributed by atoms with van der Waals surface area (Å²) in [4.78, 5) is 12.5. The van der Waals surface area contributed by atoms with Crippen LogP contribution in [-0.4, -0.2) is 26.3 Å². The van der Waals surface area contributed by atoms with Crippen LogP contribution in [0.15, 0.2) is 40.7 Å². The van der Waals surface area contributed by atoms with Gasteiger partial charge in [-0.05, 0) is 30.2 Å². The van der Waals surface area contributed by atoms with Crippen molar-refractivity contribution >= 4 is 17.5 Å². The maximum atomic E-state index is 12.5. The Kier molecular flexibility index (Phi) is 9.72. The summed E-state index contributed by atoms with van der Waals surface area (Å²) in [7, 11) is 0. The van der Waals surface area contributed by atoms with Crippen molar-refractivity contribution in [2.24, 2.45) is 11.7 Å². The maximum absolute atomic E-state index is 12.5. The number of nitrogens with zero attached hydrogens (tertiary/aromatic N) is 4. The van der Waals surface area contributed by atoms with Crippen LogP contribution in [0.4, 0.5) is 0 Å². The van der Waals surface area contributed by atoms with Gasteiger partial charge in [-0.1, -0.05) is 89.9 Å². The Morgan fingerprint density at radius 1 is 1.21 bits per heavy atom. The Balaban J connectivity index is 2.32. The van der Waals surface area contributed by atoms with Gasteiger partial charge in [-0.2, -0.15) is 5.26 Å². The Hall–Kier alpha value is -2.59. The third kappa shape index (κ3) is 7.46. The van der Waals surface area contributed by atoms with E-state index in [0.717, 1.165) is 24.4 Å². The molecule has 1 aromatic carbocycles. The number of nitrogens with two attached hydrogens (primary N) is 1. The molecule has 1 atom stereocenters. The molecule has 0 unspecified atom stereocenters. The van der Waals surface area contributed by atoms with Crippen LogP contribution in [0.2, 0.25) is 0 Å². The molecule has 0 bridgehead atoms. The molecule has 0 amide bonds. The number of nitriles is 1. The molecule has 0 aliphatic carbocycles. The van der Waals surface area contributed by atoms with Crippen molar-refractivity contribution in [2.75, 3.05) is 5.75 Å². The van der Waals surface area contributed by atoms with Crippen LogP contribution in [-0.2, 0) is 16.8 Å². The van der Waals surface area contributed by atoms with Crippen LogP contribution in [0.3, 0.4) is 0 Å². The number of hydrogen-bond acceptors (Lipinski definition) is 6. The smallest absolute Gasteiger partial charge is 0.191 e. The van der Waals surface area contributed by atoms with E-state index in [1.807, 2.05) is 6.07 Å². The Bertz CT molecular complexity index is 1000. The van der Waals surface area contributed by atoms with Crippen molar-refractivity contribution in [1.29, 1.82) is 5.26 Å². The van der Waals surface area contributed by atoms with Crippen molar-refractivity contribution in [3.63, 3.8) is 0 Å². The highest BCUT2D eigenvalue weighted by Gasteiger charge is 2.20. The zero-order valence-electron chi connectivity index (χ0n) is 20.8. The Morgan fingerprint density at radius 2 is 1.88 bits per heavy atom. The van der Waals surface area contributed by atoms with Crippen molar-refractivity contribution < 1.29 is 4.79 Å². The molecule has 0 saturated heterocycles. The molecule has 178 valence electrons. The van der Waals surface area contributed by atoms with E-state index in [9.17, 15) is 10.1 Å². The number of ketones is 1. The number of unbranched alkanes of at least 4 members (excludes halogenated alkanes) is 2. The zero-order valence-corrected chi connectivity index (χ0v) is 21.6. The maximum Gasteiger partial charge on any atom is 0.191 e. The number of Topliss-reactive ketones (excluding diaryl/α,β-unsaturated/α-hetero) is 1. The first-order valence-electron chi connectivity index (χ1n) is 11.6. The van der Waals surface area contributed by atoms with Gasteiger partial charge < -0.3 is 10.3 Å². The van der Waals surface area contributed by atoms with E-state index in [0.29, 0.717) is 11.1 Å². The van der Waals surface area contributed by atoms with Crippen molar-refractivity contribution in [3.05, 3.63) is 41.1 Å². The summed E-state index contributed by atoms with van der Waals surface area (Å²) in [6, 6.07) is 10.4. The number of carbonyl (C=O) groups excluding carboxylic acids is 1. The number of hydrogen-bond donors (Lipinski definition) is 1. The van der Waals surface area contributed by atoms with Gasteiger partial charge in [-0.15, -0.1) is 10.2 Å². The standard InChI is InChI=1S/C26H37N5OS/c1-7-8-9-10-18(2)16-31-24(20-11-13-21(14-12-20)26(4,5)6)29-30-25(31)33-17-23(32)22(15-27)19(3)28/h11-14,18H,7-10,16-17,28H2,1-6H3/b22-19-/t18-/m1/s1. The Labute approximate surface area is 202 Å². The molecule has 2 aromatic rings. The van der Waals surface area contributed by atoms with Gasteiger partial charge in [-0.3, -0.25) is 4.79 Å². The summed E-state index contributed by atoms with van der Waals surface area (Å²) in [5.74, 6) is 1.07. The lowest BCUT2D eigenvalue weighted by Crippen LogP contribution is -2.13. The quantitative estimate of drug-likeness (QED) is 0.192. The number of benzene rings is 1. The van der Waals surface area contributed by atoms with E-state index < -0.39 is 0 Å². The van der Waals surface area contributed by atoms with Gasteiger partial charge in [0.15, 0.2) is 16.8 Å². The average Bonchev–Trinajstić information content (AvgIpc) is 3.14. The molecule has 0 aliphatic heterocycles. The number of carbonyl (C=O) groups is 1. The molecule has 7 heteroatoms. The van der Waals surface area contributed by atoms with Crippen LogP contribution in [0, 0.1) is 17.2 Å². The summed E-state index contributed by atoms with van der Waals surface area (Å²) < 4.78 is 2.12. The fourth-order valence-electron chi connectivity index (χ4n) is 3.61. The summed E-state index contributed by atoms with van der Waals surface area (Å²) in [5.41, 5.74) is 8.29. The van der Waals surface area contributed by atoms with Gasteiger partial charge >= 0.3 is 0 Å². The molecule has 2 N–H and O–H groups in total. The first-order valence-corrected chi connectivity index (χ1v) is 12.6. The highest BCUT2D eigenvalue weighted by molar-refractivity contribution is 7.99. The summed E-state index contributed by atoms with van der Waals surface area (Å²) in [6.45, 7) is 13.4. The molecule has 0 spiro atoms. The van der Waals surface area contributed by atoms with E-state index in [1.165, 1.54) is 36.6 Å². The van der Waals surface area contributed by atoms with E-state index >= 15 is 0 Å². The van der Waals surface area contributed by atoms with Crippen molar-refractivity contribution in [1.82, 2.24) is 14.8 Å². The monoisotopic (exact) mass is 467 g/mol. The van der Waals surface area contributed by atoms with Gasteiger partial charge in [-0.25, -0.2) is 0 Å². The SMILES string of the molecule is CCCCC[C@@H](C)Cn1c(SCC(=O)/C(C#N)=C(/C)N)nnc1-c1ccc(C(C)(C)C)cc1. The van der Waals surface area contributed by atoms with Gasteiger partial charge in [0.1, 0.15) is 11.6 Å². The molecule has 33 heavy (non-hydrogen) atoms. The fraction of sp³-hybridized carbons (Fsp3) is 0.538. The second-order valence-electron chi connectivity index (χ2n) is 9.73. The second kappa shape index (κ2) is 12.0. The molecule has 0 aliphatic rings. The average molecular weight is 468 g/mol. The third-order valence-electron chi connectivity index (χ3n) is 5.64. The highest BCUT2D eigenvalue weighted by Crippen LogP contribution is 2.29. The van der Waals surface area contributed by atoms with Gasteiger partial charge in [0.25, 0.3) is 0 Å². The summed E-state index contributed by atoms with van der Waals surface area (Å²) in [5, 5.41) is 18.8. The van der Waals surface area contributed by atoms with Crippen LogP contribution in [0.25, 0.3) is 11.4 Å². The summed E-state index contributed by atoms with van der Waals surface area (Å²) >= 11 is 1.31. The Morgan fingerprint density at radius 3 is 2.42 bits per heavy atom. The van der Waals surface area contributed by atoms with E-state index in [4.69, 9.17) is 5.73 Å². The first-order chi connectivity index (χ1) is 15.6. The number of aromatic nitrogens is 3. The van der Waals surface area contributed by atoms with Crippen LogP contribution in [0.1, 0.15) is 72.8 Å². The molecule has 1 aromatic heterocycles. The predicted molar refractivity (Wildman–Crippen MR) is 136 cm³/mol. The molecule has 0 radical (unpaired) electrons. The second-order valence-corrected chi connectivity index (χ2v) is 10.7. The van der Waals surface area contributed by atoms with E-state index in [2.05, 4.69) is 73.6 Å². The summed E-state index contributed by atoms with van der Waals surface area (Å²) in [6.07, 6.45) is 4.75. The topological polar surface area (TPSA) is 97.6 Å². The minimum atomic E-state index is -0.288. The highest BCUT2D eigenvalue weighted by atomic mass is 32.2. The van der Waals surface area contributed by atoms with E-state index in [-0.39, 0.29) is 28.2 Å². The molecule has 0 fully saturated rings. The van der Waals surface area contributed by atoms with Crippen molar-refractivity contribution in [2.45, 2.75) is 84.3 Å². The predicted octanol–water partition coefficient (Wildman–Crippen LogP) is 5.88. The largest absolute Gasteiger partial charge is 0.401 e. The van der Waals surface area contributed by atoms with Gasteiger partial charge in [0, 0.05) is 17.8 Å². The minimum absolute atomic E-state index is 0.0134. The first kappa shape index (κ1) is 26.7. The fourth-order valence-corrected chi connectivity index (χ4v) is 4.43.